The lowest BCUT2D eigenvalue weighted by atomic mass is 10.1. The predicted octanol–water partition coefficient (Wildman–Crippen LogP) is 1.99. The van der Waals surface area contributed by atoms with Gasteiger partial charge < -0.3 is 16.0 Å². The standard InChI is InChI=1S/C15H23N3O/c1-11(2)18-15(19)12-5-3-6-13(9-12)17-10-14-7-4-8-16-14/h3,5-6,9,11,14,16-17H,4,7-8,10H2,1-2H3,(H,18,19). The molecule has 2 rings (SSSR count). The van der Waals surface area contributed by atoms with Gasteiger partial charge >= 0.3 is 0 Å². The van der Waals surface area contributed by atoms with Crippen molar-refractivity contribution >= 4 is 11.6 Å². The summed E-state index contributed by atoms with van der Waals surface area (Å²) in [5, 5.41) is 9.75. The van der Waals surface area contributed by atoms with Crippen LogP contribution >= 0.6 is 0 Å². The fourth-order valence-corrected chi connectivity index (χ4v) is 2.29. The molecule has 0 radical (unpaired) electrons. The van der Waals surface area contributed by atoms with Gasteiger partial charge in [0, 0.05) is 29.9 Å². The summed E-state index contributed by atoms with van der Waals surface area (Å²) in [5.74, 6) is -0.0161. The fraction of sp³-hybridized carbons (Fsp3) is 0.533. The highest BCUT2D eigenvalue weighted by Gasteiger charge is 2.13. The Balaban J connectivity index is 1.92. The Morgan fingerprint density at radius 3 is 3.00 bits per heavy atom. The van der Waals surface area contributed by atoms with Crippen LogP contribution < -0.4 is 16.0 Å². The van der Waals surface area contributed by atoms with Crippen LogP contribution in [-0.2, 0) is 0 Å². The quantitative estimate of drug-likeness (QED) is 0.760. The molecule has 1 fully saturated rings. The summed E-state index contributed by atoms with van der Waals surface area (Å²) >= 11 is 0. The lowest BCUT2D eigenvalue weighted by molar-refractivity contribution is 0.0943. The number of hydrogen-bond donors (Lipinski definition) is 3. The van der Waals surface area contributed by atoms with Gasteiger partial charge in [-0.05, 0) is 51.4 Å². The molecule has 1 saturated heterocycles. The summed E-state index contributed by atoms with van der Waals surface area (Å²) in [7, 11) is 0. The van der Waals surface area contributed by atoms with Gasteiger partial charge in [-0.25, -0.2) is 0 Å². The van der Waals surface area contributed by atoms with E-state index in [-0.39, 0.29) is 11.9 Å². The maximum absolute atomic E-state index is 11.9. The third-order valence-electron chi connectivity index (χ3n) is 3.26. The molecular weight excluding hydrogens is 238 g/mol. The van der Waals surface area contributed by atoms with Crippen molar-refractivity contribution in [1.29, 1.82) is 0 Å². The van der Waals surface area contributed by atoms with Crippen LogP contribution in [0.25, 0.3) is 0 Å². The molecule has 1 atom stereocenters. The van der Waals surface area contributed by atoms with Crippen LogP contribution in [0, 0.1) is 0 Å². The summed E-state index contributed by atoms with van der Waals surface area (Å²) in [5.41, 5.74) is 1.71. The highest BCUT2D eigenvalue weighted by Crippen LogP contribution is 2.12. The second kappa shape index (κ2) is 6.57. The van der Waals surface area contributed by atoms with Crippen LogP contribution in [0.2, 0.25) is 0 Å². The molecule has 4 heteroatoms. The van der Waals surface area contributed by atoms with Crippen molar-refractivity contribution in [2.75, 3.05) is 18.4 Å². The maximum Gasteiger partial charge on any atom is 0.251 e. The second-order valence-corrected chi connectivity index (χ2v) is 5.38. The van der Waals surface area contributed by atoms with E-state index >= 15 is 0 Å². The number of amides is 1. The van der Waals surface area contributed by atoms with Crippen molar-refractivity contribution < 1.29 is 4.79 Å². The molecule has 3 N–H and O–H groups in total. The van der Waals surface area contributed by atoms with E-state index in [1.165, 1.54) is 12.8 Å². The minimum absolute atomic E-state index is 0.0161. The summed E-state index contributed by atoms with van der Waals surface area (Å²) < 4.78 is 0. The van der Waals surface area contributed by atoms with E-state index in [0.717, 1.165) is 18.8 Å². The molecule has 104 valence electrons. The topological polar surface area (TPSA) is 53.2 Å². The van der Waals surface area contributed by atoms with Gasteiger partial charge in [0.1, 0.15) is 0 Å². The predicted molar refractivity (Wildman–Crippen MR) is 78.6 cm³/mol. The SMILES string of the molecule is CC(C)NC(=O)c1cccc(NCC2CCCN2)c1. The van der Waals surface area contributed by atoms with Crippen LogP contribution in [0.3, 0.4) is 0 Å². The van der Waals surface area contributed by atoms with Crippen molar-refractivity contribution in [1.82, 2.24) is 10.6 Å². The molecule has 1 heterocycles. The number of rotatable bonds is 5. The largest absolute Gasteiger partial charge is 0.383 e. The van der Waals surface area contributed by atoms with E-state index in [4.69, 9.17) is 0 Å². The molecule has 4 nitrogen and oxygen atoms in total. The third kappa shape index (κ3) is 4.24. The highest BCUT2D eigenvalue weighted by atomic mass is 16.1. The van der Waals surface area contributed by atoms with Crippen molar-refractivity contribution in [3.05, 3.63) is 29.8 Å². The third-order valence-corrected chi connectivity index (χ3v) is 3.26. The van der Waals surface area contributed by atoms with Gasteiger partial charge in [-0.1, -0.05) is 6.07 Å². The normalized spacial score (nSPS) is 18.6. The van der Waals surface area contributed by atoms with E-state index in [2.05, 4.69) is 16.0 Å². The Labute approximate surface area is 115 Å². The maximum atomic E-state index is 11.9. The van der Waals surface area contributed by atoms with Crippen LogP contribution in [-0.4, -0.2) is 31.1 Å². The summed E-state index contributed by atoms with van der Waals surface area (Å²) in [4.78, 5) is 11.9. The van der Waals surface area contributed by atoms with Crippen LogP contribution in [0.15, 0.2) is 24.3 Å². The first kappa shape index (κ1) is 13.9. The van der Waals surface area contributed by atoms with E-state index in [1.54, 1.807) is 0 Å². The minimum Gasteiger partial charge on any atom is -0.383 e. The minimum atomic E-state index is -0.0161. The first-order valence-electron chi connectivity index (χ1n) is 7.03. The summed E-state index contributed by atoms with van der Waals surface area (Å²) in [6.45, 7) is 5.95. The van der Waals surface area contributed by atoms with E-state index in [1.807, 2.05) is 38.1 Å². The van der Waals surface area contributed by atoms with Gasteiger partial charge in [-0.15, -0.1) is 0 Å². The average molecular weight is 261 g/mol. The van der Waals surface area contributed by atoms with Crippen LogP contribution in [0.4, 0.5) is 5.69 Å². The van der Waals surface area contributed by atoms with Gasteiger partial charge in [-0.2, -0.15) is 0 Å². The van der Waals surface area contributed by atoms with Gasteiger partial charge in [0.05, 0.1) is 0 Å². The number of carbonyl (C=O) groups is 1. The number of hydrogen-bond acceptors (Lipinski definition) is 3. The Morgan fingerprint density at radius 2 is 2.32 bits per heavy atom. The lowest BCUT2D eigenvalue weighted by Crippen LogP contribution is -2.30. The lowest BCUT2D eigenvalue weighted by Gasteiger charge is -2.14. The van der Waals surface area contributed by atoms with E-state index in [9.17, 15) is 4.79 Å². The molecule has 0 aliphatic carbocycles. The molecule has 1 unspecified atom stereocenters. The number of benzene rings is 1. The Hall–Kier alpha value is -1.55. The number of nitrogens with one attached hydrogen (secondary N) is 3. The molecule has 0 spiro atoms. The van der Waals surface area contributed by atoms with Crippen LogP contribution in [0.1, 0.15) is 37.0 Å². The zero-order valence-corrected chi connectivity index (χ0v) is 11.7. The van der Waals surface area contributed by atoms with Gasteiger partial charge in [-0.3, -0.25) is 4.79 Å². The Morgan fingerprint density at radius 1 is 1.47 bits per heavy atom. The summed E-state index contributed by atoms with van der Waals surface area (Å²) in [6, 6.07) is 8.38. The molecular formula is C15H23N3O. The van der Waals surface area contributed by atoms with Crippen molar-refractivity contribution in [2.24, 2.45) is 0 Å². The molecule has 19 heavy (non-hydrogen) atoms. The molecule has 0 bridgehead atoms. The first-order valence-corrected chi connectivity index (χ1v) is 7.03. The zero-order chi connectivity index (χ0) is 13.7. The Kier molecular flexibility index (Phi) is 4.80. The smallest absolute Gasteiger partial charge is 0.251 e. The molecule has 1 aromatic carbocycles. The van der Waals surface area contributed by atoms with Gasteiger partial charge in [0.25, 0.3) is 5.91 Å². The second-order valence-electron chi connectivity index (χ2n) is 5.38. The fourth-order valence-electron chi connectivity index (χ4n) is 2.29. The van der Waals surface area contributed by atoms with E-state index < -0.39 is 0 Å². The van der Waals surface area contributed by atoms with Crippen molar-refractivity contribution in [3.8, 4) is 0 Å². The number of carbonyl (C=O) groups excluding carboxylic acids is 1. The highest BCUT2D eigenvalue weighted by molar-refractivity contribution is 5.95. The molecule has 1 amide bonds. The van der Waals surface area contributed by atoms with Gasteiger partial charge in [0.15, 0.2) is 0 Å². The van der Waals surface area contributed by atoms with Gasteiger partial charge in [0.2, 0.25) is 0 Å². The van der Waals surface area contributed by atoms with Crippen molar-refractivity contribution in [3.63, 3.8) is 0 Å². The molecule has 1 aliphatic heterocycles. The van der Waals surface area contributed by atoms with E-state index in [0.29, 0.717) is 11.6 Å². The summed E-state index contributed by atoms with van der Waals surface area (Å²) in [6.07, 6.45) is 2.48. The molecule has 0 saturated carbocycles. The Bertz CT molecular complexity index is 425. The molecule has 0 aromatic heterocycles. The van der Waals surface area contributed by atoms with Crippen molar-refractivity contribution in [2.45, 2.75) is 38.8 Å². The monoisotopic (exact) mass is 261 g/mol. The number of anilines is 1. The molecule has 1 aromatic rings. The zero-order valence-electron chi connectivity index (χ0n) is 11.7. The first-order chi connectivity index (χ1) is 9.15. The van der Waals surface area contributed by atoms with Crippen LogP contribution in [0.5, 0.6) is 0 Å². The average Bonchev–Trinajstić information content (AvgIpc) is 2.89. The molecule has 1 aliphatic rings.